The summed E-state index contributed by atoms with van der Waals surface area (Å²) in [6.07, 6.45) is 6.85. The average Bonchev–Trinajstić information content (AvgIpc) is 3.57. The second kappa shape index (κ2) is 9.52. The zero-order valence-electron chi connectivity index (χ0n) is 19.6. The van der Waals surface area contributed by atoms with Crippen molar-refractivity contribution < 1.29 is 13.2 Å². The number of aromatic nitrogens is 5. The van der Waals surface area contributed by atoms with E-state index in [1.807, 2.05) is 6.07 Å². The van der Waals surface area contributed by atoms with Crippen molar-refractivity contribution in [3.8, 4) is 17.3 Å². The van der Waals surface area contributed by atoms with Crippen LogP contribution in [-0.4, -0.2) is 74.4 Å². The lowest BCUT2D eigenvalue weighted by Crippen LogP contribution is -2.49. The van der Waals surface area contributed by atoms with Gasteiger partial charge in [0.15, 0.2) is 0 Å². The Bertz CT molecular complexity index is 1560. The quantitative estimate of drug-likeness (QED) is 0.424. The lowest BCUT2D eigenvalue weighted by Gasteiger charge is -2.33. The van der Waals surface area contributed by atoms with Gasteiger partial charge in [0, 0.05) is 56.4 Å². The molecule has 5 rings (SSSR count). The van der Waals surface area contributed by atoms with Crippen molar-refractivity contribution in [1.29, 1.82) is 5.26 Å². The molecule has 184 valence electrons. The number of fused-ring (bicyclic) bond motifs is 1. The van der Waals surface area contributed by atoms with Crippen LogP contribution in [0.4, 0.5) is 0 Å². The molecule has 1 aliphatic rings. The molecule has 1 saturated heterocycles. The Morgan fingerprint density at radius 1 is 1.19 bits per heavy atom. The molecule has 4 aromatic rings. The van der Waals surface area contributed by atoms with Crippen LogP contribution in [0.3, 0.4) is 0 Å². The molecule has 1 atom stereocenters. The third-order valence-electron chi connectivity index (χ3n) is 6.40. The van der Waals surface area contributed by atoms with E-state index >= 15 is 0 Å². The van der Waals surface area contributed by atoms with E-state index in [1.165, 1.54) is 17.6 Å². The van der Waals surface area contributed by atoms with Crippen molar-refractivity contribution in [2.75, 3.05) is 26.2 Å². The molecule has 1 fully saturated rings. The molecule has 3 aromatic heterocycles. The molecule has 1 aliphatic heterocycles. The first-order chi connectivity index (χ1) is 17.4. The number of carbonyl (C=O) groups excluding carboxylic acids is 1. The summed E-state index contributed by atoms with van der Waals surface area (Å²) >= 11 is 0. The number of rotatable bonds is 6. The van der Waals surface area contributed by atoms with Gasteiger partial charge in [0.2, 0.25) is 15.9 Å². The number of nitrogens with zero attached hydrogens (tertiary/aromatic N) is 7. The fraction of sp³-hybridized carbons (Fsp3) is 0.292. The maximum absolute atomic E-state index is 13.3. The number of nitriles is 1. The molecule has 0 spiro atoms. The van der Waals surface area contributed by atoms with Crippen molar-refractivity contribution in [2.24, 2.45) is 0 Å². The van der Waals surface area contributed by atoms with Gasteiger partial charge in [-0.1, -0.05) is 12.1 Å². The zero-order chi connectivity index (χ0) is 25.3. The van der Waals surface area contributed by atoms with Crippen LogP contribution in [0.5, 0.6) is 0 Å². The van der Waals surface area contributed by atoms with Gasteiger partial charge in [-0.2, -0.15) is 14.7 Å². The van der Waals surface area contributed by atoms with Crippen LogP contribution < -0.4 is 0 Å². The Morgan fingerprint density at radius 2 is 2.00 bits per heavy atom. The number of benzene rings is 1. The highest BCUT2D eigenvalue weighted by molar-refractivity contribution is 7.89. The molecular formula is C24H24N8O3S. The fourth-order valence-corrected chi connectivity index (χ4v) is 5.94. The summed E-state index contributed by atoms with van der Waals surface area (Å²) in [5.74, 6) is -0.0637. The Morgan fingerprint density at radius 3 is 2.75 bits per heavy atom. The topological polar surface area (TPSA) is 141 Å². The van der Waals surface area contributed by atoms with E-state index in [1.54, 1.807) is 52.4 Å². The first kappa shape index (κ1) is 23.7. The maximum atomic E-state index is 13.3. The minimum atomic E-state index is -3.76. The van der Waals surface area contributed by atoms with Crippen molar-refractivity contribution >= 4 is 27.0 Å². The van der Waals surface area contributed by atoms with Crippen LogP contribution in [0.2, 0.25) is 0 Å². The summed E-state index contributed by atoms with van der Waals surface area (Å²) in [6.45, 7) is 2.68. The lowest BCUT2D eigenvalue weighted by molar-refractivity contribution is -0.129. The summed E-state index contributed by atoms with van der Waals surface area (Å²) in [4.78, 5) is 25.1. The Labute approximate surface area is 208 Å². The Kier molecular flexibility index (Phi) is 6.26. The van der Waals surface area contributed by atoms with Crippen LogP contribution >= 0.6 is 0 Å². The number of H-pyrrole nitrogens is 1. The van der Waals surface area contributed by atoms with Crippen LogP contribution in [0, 0.1) is 11.3 Å². The fourth-order valence-electron chi connectivity index (χ4n) is 4.46. The van der Waals surface area contributed by atoms with Crippen LogP contribution in [0.25, 0.3) is 22.3 Å². The summed E-state index contributed by atoms with van der Waals surface area (Å²) < 4.78 is 29.7. The van der Waals surface area contributed by atoms with Crippen LogP contribution in [0.15, 0.2) is 60.1 Å². The number of aromatic amines is 1. The molecule has 4 heterocycles. The van der Waals surface area contributed by atoms with Crippen molar-refractivity contribution in [1.82, 2.24) is 33.9 Å². The summed E-state index contributed by atoms with van der Waals surface area (Å²) in [5.41, 5.74) is 2.84. The second-order valence-electron chi connectivity index (χ2n) is 8.53. The number of nitrogens with one attached hydrogen (secondary N) is 1. The molecule has 0 saturated carbocycles. The summed E-state index contributed by atoms with van der Waals surface area (Å²) in [5, 5.41) is 14.9. The van der Waals surface area contributed by atoms with E-state index in [9.17, 15) is 18.5 Å². The molecule has 12 heteroatoms. The molecule has 11 nitrogen and oxygen atoms in total. The molecule has 1 aromatic carbocycles. The van der Waals surface area contributed by atoms with Gasteiger partial charge in [-0.05, 0) is 23.8 Å². The van der Waals surface area contributed by atoms with Crippen molar-refractivity contribution in [3.05, 3.63) is 60.8 Å². The van der Waals surface area contributed by atoms with E-state index < -0.39 is 16.1 Å². The smallest absolute Gasteiger partial charge is 0.243 e. The first-order valence-corrected chi connectivity index (χ1v) is 12.9. The number of carbonyl (C=O) groups is 1. The third kappa shape index (κ3) is 4.34. The lowest BCUT2D eigenvalue weighted by atomic mass is 10.0. The minimum Gasteiger partial charge on any atom is -0.346 e. The van der Waals surface area contributed by atoms with Gasteiger partial charge < -0.3 is 9.88 Å². The van der Waals surface area contributed by atoms with Gasteiger partial charge in [0.1, 0.15) is 12.0 Å². The van der Waals surface area contributed by atoms with Crippen LogP contribution in [-0.2, 0) is 14.8 Å². The van der Waals surface area contributed by atoms with Crippen molar-refractivity contribution in [3.63, 3.8) is 0 Å². The monoisotopic (exact) mass is 504 g/mol. The Hall–Kier alpha value is -4.08. The normalized spacial score (nSPS) is 15.6. The van der Waals surface area contributed by atoms with Crippen molar-refractivity contribution in [2.45, 2.75) is 24.3 Å². The maximum Gasteiger partial charge on any atom is 0.243 e. The van der Waals surface area contributed by atoms with E-state index in [0.29, 0.717) is 30.0 Å². The predicted octanol–water partition coefficient (Wildman–Crippen LogP) is 2.18. The highest BCUT2D eigenvalue weighted by Gasteiger charge is 2.30. The van der Waals surface area contributed by atoms with Gasteiger partial charge in [-0.3, -0.25) is 9.48 Å². The molecule has 36 heavy (non-hydrogen) atoms. The number of hydrogen-bond donors (Lipinski definition) is 1. The number of sulfonamides is 1. The number of amides is 1. The second-order valence-corrected chi connectivity index (χ2v) is 10.5. The molecular weight excluding hydrogens is 480 g/mol. The first-order valence-electron chi connectivity index (χ1n) is 11.4. The zero-order valence-corrected chi connectivity index (χ0v) is 20.4. The minimum absolute atomic E-state index is 0.0637. The molecule has 0 bridgehead atoms. The molecule has 0 radical (unpaired) electrons. The highest BCUT2D eigenvalue weighted by Crippen LogP contribution is 2.29. The van der Waals surface area contributed by atoms with E-state index in [-0.39, 0.29) is 30.3 Å². The summed E-state index contributed by atoms with van der Waals surface area (Å²) in [6, 6.07) is 10.2. The van der Waals surface area contributed by atoms with E-state index in [2.05, 4.69) is 26.1 Å². The molecule has 0 aliphatic carbocycles. The summed E-state index contributed by atoms with van der Waals surface area (Å²) in [7, 11) is -3.76. The van der Waals surface area contributed by atoms with Gasteiger partial charge in [0.05, 0.1) is 35.3 Å². The van der Waals surface area contributed by atoms with Gasteiger partial charge >= 0.3 is 0 Å². The van der Waals surface area contributed by atoms with Crippen LogP contribution in [0.1, 0.15) is 24.9 Å². The highest BCUT2D eigenvalue weighted by atomic mass is 32.2. The van der Waals surface area contributed by atoms with Gasteiger partial charge in [0.25, 0.3) is 0 Å². The molecule has 1 unspecified atom stereocenters. The molecule has 1 N–H and O–H groups in total. The van der Waals surface area contributed by atoms with Gasteiger partial charge in [-0.25, -0.2) is 18.4 Å². The third-order valence-corrected chi connectivity index (χ3v) is 8.29. The largest absolute Gasteiger partial charge is 0.346 e. The van der Waals surface area contributed by atoms with Gasteiger partial charge in [-0.15, -0.1) is 0 Å². The number of hydrogen-bond acceptors (Lipinski definition) is 7. The SMILES string of the molecule is CC(=O)N1CCN(S(=O)(=O)c2cccc(C(CC#N)n3cc(-c4ncnc5[nH]ccc45)cn3)c2)CC1. The average molecular weight is 505 g/mol. The standard InChI is InChI=1S/C24H24N8O3S/c1-17(33)30-9-11-31(12-10-30)36(34,35)20-4-2-3-18(13-20)22(5-7-25)32-15-19(14-29-32)23-21-6-8-26-24(21)28-16-27-23/h2-4,6,8,13-16,22H,5,9-12H2,1H3,(H,26,27,28). The Balaban J connectivity index is 1.44. The van der Waals surface area contributed by atoms with E-state index in [0.717, 1.165) is 10.9 Å². The predicted molar refractivity (Wildman–Crippen MR) is 131 cm³/mol. The molecule has 1 amide bonds. The number of piperazine rings is 1. The van der Waals surface area contributed by atoms with E-state index in [4.69, 9.17) is 0 Å².